The summed E-state index contributed by atoms with van der Waals surface area (Å²) in [5.41, 5.74) is 3.17. The van der Waals surface area contributed by atoms with Gasteiger partial charge in [-0.1, -0.05) is 6.07 Å². The van der Waals surface area contributed by atoms with Crippen LogP contribution in [0.1, 0.15) is 40.7 Å². The van der Waals surface area contributed by atoms with Crippen LogP contribution in [-0.4, -0.2) is 11.1 Å². The van der Waals surface area contributed by atoms with E-state index in [0.29, 0.717) is 5.56 Å². The van der Waals surface area contributed by atoms with Gasteiger partial charge in [-0.2, -0.15) is 0 Å². The standard InChI is InChI=1S/C16H18O2/c17-16(18)12-4-1-9-7-14-10-2-3-11(5-10)15(14)8-13(9)6-12/h1,4,6,10-11,14-15H,2-3,5,7-8H2,(H,17,18). The maximum Gasteiger partial charge on any atom is 0.335 e. The number of rotatable bonds is 1. The Morgan fingerprint density at radius 1 is 1.06 bits per heavy atom. The van der Waals surface area contributed by atoms with Gasteiger partial charge in [0, 0.05) is 0 Å². The second kappa shape index (κ2) is 3.59. The number of hydrogen-bond donors (Lipinski definition) is 1. The molecule has 1 N–H and O–H groups in total. The van der Waals surface area contributed by atoms with Crippen LogP contribution < -0.4 is 0 Å². The molecule has 0 aromatic heterocycles. The highest BCUT2D eigenvalue weighted by atomic mass is 16.4. The van der Waals surface area contributed by atoms with Gasteiger partial charge in [0.25, 0.3) is 0 Å². The number of carbonyl (C=O) groups is 1. The molecule has 0 radical (unpaired) electrons. The number of aromatic carboxylic acids is 1. The fourth-order valence-electron chi connectivity index (χ4n) is 4.82. The highest BCUT2D eigenvalue weighted by molar-refractivity contribution is 5.87. The normalized spacial score (nSPS) is 36.2. The van der Waals surface area contributed by atoms with Gasteiger partial charge in [0.1, 0.15) is 0 Å². The van der Waals surface area contributed by atoms with E-state index in [-0.39, 0.29) is 0 Å². The highest BCUT2D eigenvalue weighted by Gasteiger charge is 2.48. The summed E-state index contributed by atoms with van der Waals surface area (Å²) in [4.78, 5) is 11.0. The van der Waals surface area contributed by atoms with Crippen LogP contribution in [0, 0.1) is 23.7 Å². The van der Waals surface area contributed by atoms with Gasteiger partial charge in [-0.25, -0.2) is 4.79 Å². The summed E-state index contributed by atoms with van der Waals surface area (Å²) < 4.78 is 0. The third-order valence-corrected chi connectivity index (χ3v) is 5.64. The molecule has 3 aliphatic carbocycles. The van der Waals surface area contributed by atoms with E-state index >= 15 is 0 Å². The zero-order valence-electron chi connectivity index (χ0n) is 10.4. The molecule has 4 unspecified atom stereocenters. The van der Waals surface area contributed by atoms with Crippen LogP contribution in [0.15, 0.2) is 18.2 Å². The number of benzene rings is 1. The molecular weight excluding hydrogens is 224 g/mol. The van der Waals surface area contributed by atoms with E-state index < -0.39 is 5.97 Å². The van der Waals surface area contributed by atoms with E-state index in [0.717, 1.165) is 30.1 Å². The molecule has 0 spiro atoms. The molecule has 2 heteroatoms. The van der Waals surface area contributed by atoms with Crippen molar-refractivity contribution < 1.29 is 9.90 Å². The number of carboxylic acids is 1. The molecular formula is C16H18O2. The Morgan fingerprint density at radius 2 is 1.72 bits per heavy atom. The zero-order valence-corrected chi connectivity index (χ0v) is 10.4. The molecule has 0 aliphatic heterocycles. The first kappa shape index (κ1) is 10.6. The molecule has 0 amide bonds. The minimum absolute atomic E-state index is 0.454. The summed E-state index contributed by atoms with van der Waals surface area (Å²) in [5.74, 6) is 2.84. The van der Waals surface area contributed by atoms with Gasteiger partial charge in [0.05, 0.1) is 5.56 Å². The lowest BCUT2D eigenvalue weighted by atomic mass is 9.69. The number of hydrogen-bond acceptors (Lipinski definition) is 1. The third-order valence-electron chi connectivity index (χ3n) is 5.64. The van der Waals surface area contributed by atoms with Crippen LogP contribution in [0.2, 0.25) is 0 Å². The molecule has 2 saturated carbocycles. The largest absolute Gasteiger partial charge is 0.478 e. The van der Waals surface area contributed by atoms with E-state index in [1.165, 1.54) is 36.8 Å². The summed E-state index contributed by atoms with van der Waals surface area (Å²) in [6, 6.07) is 5.75. The molecule has 1 aromatic rings. The molecule has 4 rings (SSSR count). The van der Waals surface area contributed by atoms with Crippen LogP contribution >= 0.6 is 0 Å². The Labute approximate surface area is 107 Å². The van der Waals surface area contributed by atoms with Gasteiger partial charge in [0.15, 0.2) is 0 Å². The Hall–Kier alpha value is -1.31. The molecule has 0 heterocycles. The zero-order chi connectivity index (χ0) is 12.3. The first-order valence-corrected chi connectivity index (χ1v) is 7.07. The van der Waals surface area contributed by atoms with Crippen molar-refractivity contribution in [3.8, 4) is 0 Å². The van der Waals surface area contributed by atoms with Crippen molar-refractivity contribution in [1.82, 2.24) is 0 Å². The summed E-state index contributed by atoms with van der Waals surface area (Å²) in [7, 11) is 0. The van der Waals surface area contributed by atoms with Crippen LogP contribution in [0.3, 0.4) is 0 Å². The Balaban J connectivity index is 1.71. The average molecular weight is 242 g/mol. The molecule has 18 heavy (non-hydrogen) atoms. The maximum atomic E-state index is 11.0. The smallest absolute Gasteiger partial charge is 0.335 e. The molecule has 94 valence electrons. The molecule has 0 saturated heterocycles. The van der Waals surface area contributed by atoms with E-state index in [2.05, 4.69) is 6.07 Å². The molecule has 2 nitrogen and oxygen atoms in total. The first-order valence-electron chi connectivity index (χ1n) is 7.07. The predicted octanol–water partition coefficient (Wildman–Crippen LogP) is 3.15. The average Bonchev–Trinajstić information content (AvgIpc) is 2.97. The summed E-state index contributed by atoms with van der Waals surface area (Å²) >= 11 is 0. The highest BCUT2D eigenvalue weighted by Crippen LogP contribution is 2.56. The minimum Gasteiger partial charge on any atom is -0.478 e. The molecule has 3 aliphatic rings. The Kier molecular flexibility index (Phi) is 2.12. The van der Waals surface area contributed by atoms with Gasteiger partial charge in [0.2, 0.25) is 0 Å². The van der Waals surface area contributed by atoms with Crippen molar-refractivity contribution in [2.45, 2.75) is 32.1 Å². The quantitative estimate of drug-likeness (QED) is 0.821. The second-order valence-corrected chi connectivity index (χ2v) is 6.36. The molecule has 2 fully saturated rings. The fourth-order valence-corrected chi connectivity index (χ4v) is 4.82. The van der Waals surface area contributed by atoms with Gasteiger partial charge >= 0.3 is 5.97 Å². The monoisotopic (exact) mass is 242 g/mol. The third kappa shape index (κ3) is 1.38. The lowest BCUT2D eigenvalue weighted by Crippen LogP contribution is -2.30. The SMILES string of the molecule is O=C(O)c1ccc2c(c1)CC1C3CCC(C3)C1C2. The summed E-state index contributed by atoms with van der Waals surface area (Å²) in [6.07, 6.45) is 6.62. The maximum absolute atomic E-state index is 11.0. The van der Waals surface area contributed by atoms with Gasteiger partial charge in [-0.3, -0.25) is 0 Å². The minimum atomic E-state index is -0.798. The molecule has 4 atom stereocenters. The second-order valence-electron chi connectivity index (χ2n) is 6.36. The topological polar surface area (TPSA) is 37.3 Å². The van der Waals surface area contributed by atoms with Crippen molar-refractivity contribution in [2.75, 3.05) is 0 Å². The van der Waals surface area contributed by atoms with Gasteiger partial charge in [-0.05, 0) is 79.0 Å². The van der Waals surface area contributed by atoms with Crippen molar-refractivity contribution in [3.05, 3.63) is 34.9 Å². The first-order chi connectivity index (χ1) is 8.72. The van der Waals surface area contributed by atoms with E-state index in [1.54, 1.807) is 6.07 Å². The van der Waals surface area contributed by atoms with Crippen LogP contribution in [0.4, 0.5) is 0 Å². The Bertz CT molecular complexity index is 520. The van der Waals surface area contributed by atoms with Gasteiger partial charge < -0.3 is 5.11 Å². The Morgan fingerprint density at radius 3 is 2.39 bits per heavy atom. The molecule has 2 bridgehead atoms. The van der Waals surface area contributed by atoms with Crippen molar-refractivity contribution in [1.29, 1.82) is 0 Å². The number of fused-ring (bicyclic) bond motifs is 6. The lowest BCUT2D eigenvalue weighted by Gasteiger charge is -2.36. The van der Waals surface area contributed by atoms with Crippen molar-refractivity contribution in [2.24, 2.45) is 23.7 Å². The summed E-state index contributed by atoms with van der Waals surface area (Å²) in [5, 5.41) is 9.08. The van der Waals surface area contributed by atoms with Crippen molar-refractivity contribution in [3.63, 3.8) is 0 Å². The summed E-state index contributed by atoms with van der Waals surface area (Å²) in [6.45, 7) is 0. The molecule has 1 aromatic carbocycles. The van der Waals surface area contributed by atoms with E-state index in [9.17, 15) is 4.79 Å². The van der Waals surface area contributed by atoms with E-state index in [1.807, 2.05) is 6.07 Å². The fraction of sp³-hybridized carbons (Fsp3) is 0.562. The lowest BCUT2D eigenvalue weighted by molar-refractivity contribution is 0.0696. The van der Waals surface area contributed by atoms with Crippen LogP contribution in [-0.2, 0) is 12.8 Å². The van der Waals surface area contributed by atoms with Crippen LogP contribution in [0.5, 0.6) is 0 Å². The number of carboxylic acid groups (broad SMARTS) is 1. The van der Waals surface area contributed by atoms with E-state index in [4.69, 9.17) is 5.11 Å². The van der Waals surface area contributed by atoms with Crippen LogP contribution in [0.25, 0.3) is 0 Å². The van der Waals surface area contributed by atoms with Gasteiger partial charge in [-0.15, -0.1) is 0 Å². The predicted molar refractivity (Wildman–Crippen MR) is 68.6 cm³/mol. The van der Waals surface area contributed by atoms with Crippen molar-refractivity contribution >= 4 is 5.97 Å².